The molecule has 0 unspecified atom stereocenters. The number of fused-ring (bicyclic) bond motifs is 3. The lowest BCUT2D eigenvalue weighted by Gasteiger charge is -2.09. The molecule has 0 saturated carbocycles. The fourth-order valence-corrected chi connectivity index (χ4v) is 2.75. The van der Waals surface area contributed by atoms with Crippen molar-refractivity contribution < 1.29 is 13.9 Å². The predicted octanol–water partition coefficient (Wildman–Crippen LogP) is 4.18. The van der Waals surface area contributed by atoms with Crippen LogP contribution in [0.4, 0.5) is 0 Å². The van der Waals surface area contributed by atoms with Crippen LogP contribution in [0.1, 0.15) is 47.4 Å². The highest BCUT2D eigenvalue weighted by molar-refractivity contribution is 6.18. The number of furan rings is 1. The number of hydrogen-bond donors (Lipinski definition) is 0. The third-order valence-corrected chi connectivity index (χ3v) is 3.64. The predicted molar refractivity (Wildman–Crippen MR) is 68.8 cm³/mol. The molecule has 0 bridgehead atoms. The topological polar surface area (TPSA) is 39.4 Å². The fraction of sp³-hybridized carbons (Fsp3) is 0.357. The van der Waals surface area contributed by atoms with Crippen molar-refractivity contribution in [2.75, 3.05) is 0 Å². The Kier molecular flexibility index (Phi) is 2.78. The molecule has 2 aromatic rings. The molecule has 4 heteroatoms. The largest absolute Gasteiger partial charge is 0.463 e. The Morgan fingerprint density at radius 1 is 1.44 bits per heavy atom. The first-order valence-corrected chi connectivity index (χ1v) is 6.59. The van der Waals surface area contributed by atoms with Gasteiger partial charge in [-0.25, -0.2) is 4.79 Å². The molecule has 0 radical (unpaired) electrons. The summed E-state index contributed by atoms with van der Waals surface area (Å²) in [5, 5.41) is 0.901. The molecular weight excluding hydrogens is 252 g/mol. The maximum atomic E-state index is 11.9. The van der Waals surface area contributed by atoms with Crippen LogP contribution >= 0.6 is 11.6 Å². The van der Waals surface area contributed by atoms with Gasteiger partial charge in [-0.05, 0) is 24.1 Å². The lowest BCUT2D eigenvalue weighted by atomic mass is 9.97. The van der Waals surface area contributed by atoms with E-state index in [9.17, 15) is 4.79 Å². The monoisotopic (exact) mass is 264 g/mol. The zero-order chi connectivity index (χ0) is 12.7. The second kappa shape index (κ2) is 4.32. The number of alkyl halides is 1. The number of carbonyl (C=O) groups excluding carboxylic acids is 1. The van der Waals surface area contributed by atoms with Gasteiger partial charge in [0.05, 0.1) is 6.26 Å². The van der Waals surface area contributed by atoms with Crippen molar-refractivity contribution in [3.05, 3.63) is 35.1 Å². The van der Waals surface area contributed by atoms with Crippen LogP contribution in [-0.4, -0.2) is 5.97 Å². The average Bonchev–Trinajstić information content (AvgIpc) is 2.94. The maximum Gasteiger partial charge on any atom is 0.343 e. The van der Waals surface area contributed by atoms with Gasteiger partial charge < -0.3 is 9.15 Å². The molecule has 1 aromatic carbocycles. The zero-order valence-corrected chi connectivity index (χ0v) is 10.8. The number of halogens is 1. The number of carbonyl (C=O) groups is 1. The number of cyclic esters (lactones) is 1. The summed E-state index contributed by atoms with van der Waals surface area (Å²) in [5.41, 5.74) is 3.08. The summed E-state index contributed by atoms with van der Waals surface area (Å²) in [7, 11) is 0. The molecule has 2 heterocycles. The Labute approximate surface area is 110 Å². The molecule has 1 atom stereocenters. The van der Waals surface area contributed by atoms with Crippen LogP contribution in [0.25, 0.3) is 11.0 Å². The molecule has 0 spiro atoms. The standard InChI is InChI=1S/C14H13ClO3/c1-2-3-11-10-6-8(7-15)9-4-5-17-13(9)12(10)14(16)18-11/h4-6,11H,2-3,7H2,1H3/t11-/m0/s1. The van der Waals surface area contributed by atoms with E-state index in [2.05, 4.69) is 6.92 Å². The summed E-state index contributed by atoms with van der Waals surface area (Å²) in [5.74, 6) is 0.112. The van der Waals surface area contributed by atoms with E-state index in [-0.39, 0.29) is 12.1 Å². The number of benzene rings is 1. The number of rotatable bonds is 3. The molecule has 0 fully saturated rings. The number of hydrogen-bond acceptors (Lipinski definition) is 3. The Morgan fingerprint density at radius 2 is 2.28 bits per heavy atom. The molecular formula is C14H13ClO3. The quantitative estimate of drug-likeness (QED) is 0.617. The van der Waals surface area contributed by atoms with E-state index in [4.69, 9.17) is 20.8 Å². The molecule has 3 rings (SSSR count). The Morgan fingerprint density at radius 3 is 3.00 bits per heavy atom. The van der Waals surface area contributed by atoms with Crippen molar-refractivity contribution in [1.82, 2.24) is 0 Å². The molecule has 0 saturated heterocycles. The summed E-state index contributed by atoms with van der Waals surface area (Å²) in [6, 6.07) is 3.82. The van der Waals surface area contributed by atoms with Gasteiger partial charge in [-0.1, -0.05) is 13.3 Å². The smallest absolute Gasteiger partial charge is 0.343 e. The highest BCUT2D eigenvalue weighted by Crippen LogP contribution is 2.40. The van der Waals surface area contributed by atoms with Gasteiger partial charge in [-0.2, -0.15) is 0 Å². The Bertz CT molecular complexity index is 615. The van der Waals surface area contributed by atoms with E-state index in [0.717, 1.165) is 29.4 Å². The summed E-state index contributed by atoms with van der Waals surface area (Å²) >= 11 is 5.96. The van der Waals surface area contributed by atoms with Crippen molar-refractivity contribution in [2.24, 2.45) is 0 Å². The van der Waals surface area contributed by atoms with Gasteiger partial charge in [0.2, 0.25) is 0 Å². The number of esters is 1. The molecule has 1 aliphatic rings. The van der Waals surface area contributed by atoms with Crippen LogP contribution in [0.3, 0.4) is 0 Å². The fourth-order valence-electron chi connectivity index (χ4n) is 2.53. The zero-order valence-electron chi connectivity index (χ0n) is 10.0. The minimum Gasteiger partial charge on any atom is -0.463 e. The molecule has 1 aromatic heterocycles. The second-order valence-electron chi connectivity index (χ2n) is 4.48. The van der Waals surface area contributed by atoms with Crippen molar-refractivity contribution in [3.63, 3.8) is 0 Å². The molecule has 0 N–H and O–H groups in total. The molecule has 3 nitrogen and oxygen atoms in total. The number of ether oxygens (including phenoxy) is 1. The van der Waals surface area contributed by atoms with Crippen molar-refractivity contribution in [2.45, 2.75) is 31.7 Å². The lowest BCUT2D eigenvalue weighted by Crippen LogP contribution is -1.97. The maximum absolute atomic E-state index is 11.9. The minimum atomic E-state index is -0.287. The van der Waals surface area contributed by atoms with E-state index in [1.165, 1.54) is 0 Å². The van der Waals surface area contributed by atoms with Gasteiger partial charge in [0.15, 0.2) is 0 Å². The van der Waals surface area contributed by atoms with E-state index >= 15 is 0 Å². The van der Waals surface area contributed by atoms with Gasteiger partial charge >= 0.3 is 5.97 Å². The summed E-state index contributed by atoms with van der Waals surface area (Å²) in [6.45, 7) is 2.07. The lowest BCUT2D eigenvalue weighted by molar-refractivity contribution is 0.0368. The SMILES string of the molecule is CCC[C@@H]1OC(=O)c2c1cc(CCl)c1ccoc21. The molecule has 94 valence electrons. The highest BCUT2D eigenvalue weighted by Gasteiger charge is 2.34. The molecule has 0 aliphatic carbocycles. The molecule has 0 amide bonds. The van der Waals surface area contributed by atoms with Gasteiger partial charge in [0.25, 0.3) is 0 Å². The van der Waals surface area contributed by atoms with Crippen molar-refractivity contribution in [3.8, 4) is 0 Å². The van der Waals surface area contributed by atoms with Crippen LogP contribution in [-0.2, 0) is 10.6 Å². The summed E-state index contributed by atoms with van der Waals surface area (Å²) in [6.07, 6.45) is 3.21. The highest BCUT2D eigenvalue weighted by atomic mass is 35.5. The van der Waals surface area contributed by atoms with Crippen LogP contribution in [0.2, 0.25) is 0 Å². The van der Waals surface area contributed by atoms with Crippen LogP contribution in [0.15, 0.2) is 22.8 Å². The first-order valence-electron chi connectivity index (χ1n) is 6.06. The van der Waals surface area contributed by atoms with Gasteiger partial charge in [-0.3, -0.25) is 0 Å². The Balaban J connectivity index is 2.26. The third-order valence-electron chi connectivity index (χ3n) is 3.35. The van der Waals surface area contributed by atoms with Crippen molar-refractivity contribution in [1.29, 1.82) is 0 Å². The summed E-state index contributed by atoms with van der Waals surface area (Å²) < 4.78 is 10.8. The normalized spacial score (nSPS) is 18.1. The van der Waals surface area contributed by atoms with E-state index < -0.39 is 0 Å². The summed E-state index contributed by atoms with van der Waals surface area (Å²) in [4.78, 5) is 11.9. The average molecular weight is 265 g/mol. The van der Waals surface area contributed by atoms with Gasteiger partial charge in [0.1, 0.15) is 17.3 Å². The van der Waals surface area contributed by atoms with Crippen molar-refractivity contribution >= 4 is 28.5 Å². The molecule has 1 aliphatic heterocycles. The Hall–Kier alpha value is -1.48. The minimum absolute atomic E-state index is 0.158. The van der Waals surface area contributed by atoms with Crippen LogP contribution in [0.5, 0.6) is 0 Å². The third kappa shape index (κ3) is 1.54. The van der Waals surface area contributed by atoms with Gasteiger partial charge in [-0.15, -0.1) is 11.6 Å². The van der Waals surface area contributed by atoms with E-state index in [1.807, 2.05) is 12.1 Å². The van der Waals surface area contributed by atoms with E-state index in [0.29, 0.717) is 17.0 Å². The molecule has 18 heavy (non-hydrogen) atoms. The van der Waals surface area contributed by atoms with Gasteiger partial charge in [0, 0.05) is 16.8 Å². The van der Waals surface area contributed by atoms with E-state index in [1.54, 1.807) is 6.26 Å². The first-order chi connectivity index (χ1) is 8.76. The first kappa shape index (κ1) is 11.6. The second-order valence-corrected chi connectivity index (χ2v) is 4.75. The van der Waals surface area contributed by atoms with Crippen LogP contribution < -0.4 is 0 Å². The van der Waals surface area contributed by atoms with Crippen LogP contribution in [0, 0.1) is 0 Å².